The molecule has 4 heteroatoms. The van der Waals surface area contributed by atoms with E-state index in [1.165, 1.54) is 16.7 Å². The van der Waals surface area contributed by atoms with Crippen molar-refractivity contribution < 1.29 is 4.42 Å². The lowest BCUT2D eigenvalue weighted by atomic mass is 9.82. The third-order valence-electron chi connectivity index (χ3n) is 9.36. The van der Waals surface area contributed by atoms with Crippen molar-refractivity contribution in [1.29, 1.82) is 0 Å². The topological polar surface area (TPSA) is 51.8 Å². The second-order valence-corrected chi connectivity index (χ2v) is 12.5. The fourth-order valence-corrected chi connectivity index (χ4v) is 6.95. The smallest absolute Gasteiger partial charge is 0.164 e. The van der Waals surface area contributed by atoms with Crippen molar-refractivity contribution in [2.45, 2.75) is 19.3 Å². The molecule has 0 amide bonds. The van der Waals surface area contributed by atoms with E-state index in [9.17, 15) is 0 Å². The first kappa shape index (κ1) is 26.5. The SMILES string of the molecule is CC1(C)c2ccc(-c3nc(-c4ccccc4)nc(-c4ccc(-c5ccccc5)cc4)n3)cc2-c2c1ccc1c2oc2ccccc21. The number of hydrogen-bond acceptors (Lipinski definition) is 4. The maximum absolute atomic E-state index is 6.55. The number of rotatable bonds is 4. The Bertz CT molecular complexity index is 2430. The number of aromatic nitrogens is 3. The van der Waals surface area contributed by atoms with E-state index < -0.39 is 0 Å². The van der Waals surface area contributed by atoms with Crippen LogP contribution in [-0.2, 0) is 5.41 Å². The van der Waals surface area contributed by atoms with Crippen LogP contribution in [0, 0.1) is 0 Å². The van der Waals surface area contributed by atoms with Crippen molar-refractivity contribution in [3.8, 4) is 56.4 Å². The molecule has 0 saturated carbocycles. The molecule has 0 radical (unpaired) electrons. The first-order valence-corrected chi connectivity index (χ1v) is 15.6. The van der Waals surface area contributed by atoms with Gasteiger partial charge >= 0.3 is 0 Å². The maximum Gasteiger partial charge on any atom is 0.164 e. The van der Waals surface area contributed by atoms with Gasteiger partial charge in [0.05, 0.1) is 0 Å². The van der Waals surface area contributed by atoms with Crippen molar-refractivity contribution in [2.75, 3.05) is 0 Å². The molecular weight excluding hydrogens is 562 g/mol. The normalized spacial score (nSPS) is 13.2. The van der Waals surface area contributed by atoms with Crippen LogP contribution in [0.4, 0.5) is 0 Å². The van der Waals surface area contributed by atoms with E-state index in [-0.39, 0.29) is 5.41 Å². The zero-order chi connectivity index (χ0) is 30.8. The van der Waals surface area contributed by atoms with Crippen molar-refractivity contribution in [1.82, 2.24) is 15.0 Å². The second-order valence-electron chi connectivity index (χ2n) is 12.5. The lowest BCUT2D eigenvalue weighted by molar-refractivity contribution is 0.653. The summed E-state index contributed by atoms with van der Waals surface area (Å²) in [6.45, 7) is 4.58. The van der Waals surface area contributed by atoms with Gasteiger partial charge in [0.25, 0.3) is 0 Å². The Hall–Kier alpha value is -5.87. The van der Waals surface area contributed by atoms with Gasteiger partial charge in [-0.15, -0.1) is 0 Å². The first-order chi connectivity index (χ1) is 22.5. The van der Waals surface area contributed by atoms with Crippen LogP contribution < -0.4 is 0 Å². The summed E-state index contributed by atoms with van der Waals surface area (Å²) < 4.78 is 6.55. The zero-order valence-corrected chi connectivity index (χ0v) is 25.5. The molecule has 1 aliphatic rings. The largest absolute Gasteiger partial charge is 0.455 e. The Morgan fingerprint density at radius 1 is 0.457 bits per heavy atom. The van der Waals surface area contributed by atoms with Crippen LogP contribution in [0.3, 0.4) is 0 Å². The van der Waals surface area contributed by atoms with Gasteiger partial charge < -0.3 is 4.42 Å². The van der Waals surface area contributed by atoms with Crippen LogP contribution in [0.1, 0.15) is 25.0 Å². The molecule has 4 nitrogen and oxygen atoms in total. The van der Waals surface area contributed by atoms with Crippen LogP contribution in [0.5, 0.6) is 0 Å². The lowest BCUT2D eigenvalue weighted by Gasteiger charge is -2.21. The minimum Gasteiger partial charge on any atom is -0.455 e. The molecule has 0 spiro atoms. The van der Waals surface area contributed by atoms with Gasteiger partial charge in [0.1, 0.15) is 11.2 Å². The summed E-state index contributed by atoms with van der Waals surface area (Å²) in [4.78, 5) is 15.1. The molecule has 6 aromatic carbocycles. The highest BCUT2D eigenvalue weighted by Gasteiger charge is 2.38. The molecule has 0 bridgehead atoms. The van der Waals surface area contributed by atoms with E-state index >= 15 is 0 Å². The molecule has 0 unspecified atom stereocenters. The molecule has 2 aromatic heterocycles. The average molecular weight is 592 g/mol. The highest BCUT2D eigenvalue weighted by Crippen LogP contribution is 2.53. The Balaban J connectivity index is 1.22. The number of hydrogen-bond donors (Lipinski definition) is 0. The van der Waals surface area contributed by atoms with Gasteiger partial charge in [0, 0.05) is 38.4 Å². The summed E-state index contributed by atoms with van der Waals surface area (Å²) in [7, 11) is 0. The number of fused-ring (bicyclic) bond motifs is 7. The quantitative estimate of drug-likeness (QED) is 0.204. The molecule has 218 valence electrons. The molecule has 0 N–H and O–H groups in total. The van der Waals surface area contributed by atoms with Gasteiger partial charge in [-0.2, -0.15) is 0 Å². The summed E-state index contributed by atoms with van der Waals surface area (Å²) in [6, 6.07) is 48.3. The summed E-state index contributed by atoms with van der Waals surface area (Å²) >= 11 is 0. The molecule has 1 aliphatic carbocycles. The van der Waals surface area contributed by atoms with Crippen molar-refractivity contribution in [3.63, 3.8) is 0 Å². The highest BCUT2D eigenvalue weighted by molar-refractivity contribution is 6.12. The van der Waals surface area contributed by atoms with Gasteiger partial charge in [-0.3, -0.25) is 0 Å². The first-order valence-electron chi connectivity index (χ1n) is 15.6. The predicted octanol–water partition coefficient (Wildman–Crippen LogP) is 10.7. The van der Waals surface area contributed by atoms with Crippen LogP contribution in [0.15, 0.2) is 144 Å². The average Bonchev–Trinajstić information content (AvgIpc) is 3.61. The van der Waals surface area contributed by atoms with E-state index in [2.05, 4.69) is 105 Å². The zero-order valence-electron chi connectivity index (χ0n) is 25.5. The Labute approximate surface area is 267 Å². The van der Waals surface area contributed by atoms with Gasteiger partial charge in [0.2, 0.25) is 0 Å². The molecule has 9 rings (SSSR count). The summed E-state index contributed by atoms with van der Waals surface area (Å²) in [6.07, 6.45) is 0. The molecule has 8 aromatic rings. The summed E-state index contributed by atoms with van der Waals surface area (Å²) in [5.41, 5.74) is 11.7. The van der Waals surface area contributed by atoms with Crippen LogP contribution in [0.25, 0.3) is 78.4 Å². The van der Waals surface area contributed by atoms with Gasteiger partial charge in [-0.1, -0.05) is 141 Å². The molecule has 0 atom stereocenters. The Kier molecular flexibility index (Phi) is 5.81. The minimum absolute atomic E-state index is 0.170. The highest BCUT2D eigenvalue weighted by atomic mass is 16.3. The third kappa shape index (κ3) is 4.11. The molecule has 0 fully saturated rings. The van der Waals surface area contributed by atoms with Crippen molar-refractivity contribution in [3.05, 3.63) is 151 Å². The van der Waals surface area contributed by atoms with Crippen molar-refractivity contribution >= 4 is 21.9 Å². The Morgan fingerprint density at radius 2 is 0.978 bits per heavy atom. The van der Waals surface area contributed by atoms with E-state index in [0.717, 1.165) is 55.3 Å². The molecule has 0 saturated heterocycles. The van der Waals surface area contributed by atoms with E-state index in [0.29, 0.717) is 17.5 Å². The van der Waals surface area contributed by atoms with Crippen molar-refractivity contribution in [2.24, 2.45) is 0 Å². The van der Waals surface area contributed by atoms with E-state index in [4.69, 9.17) is 19.4 Å². The van der Waals surface area contributed by atoms with E-state index in [1.807, 2.05) is 48.5 Å². The fraction of sp³-hybridized carbons (Fsp3) is 0.0714. The number of para-hydroxylation sites is 1. The summed E-state index contributed by atoms with van der Waals surface area (Å²) in [5, 5.41) is 2.27. The van der Waals surface area contributed by atoms with Gasteiger partial charge in [-0.25, -0.2) is 15.0 Å². The molecule has 0 aliphatic heterocycles. The number of furan rings is 1. The number of benzene rings is 6. The monoisotopic (exact) mass is 591 g/mol. The Morgan fingerprint density at radius 3 is 1.70 bits per heavy atom. The molecule has 46 heavy (non-hydrogen) atoms. The standard InChI is InChI=1S/C42H29N3O/c1-42(2)34-23-21-30(25-33(34)37-35(42)24-22-32-31-15-9-10-16-36(31)46-38(32)37)41-44-39(28-13-7-4-8-14-28)43-40(45-41)29-19-17-27(18-20-29)26-11-5-3-6-12-26/h3-25H,1-2H3. The molecular formula is C42H29N3O. The predicted molar refractivity (Wildman–Crippen MR) is 186 cm³/mol. The third-order valence-corrected chi connectivity index (χ3v) is 9.36. The minimum atomic E-state index is -0.170. The van der Waals surface area contributed by atoms with E-state index in [1.54, 1.807) is 0 Å². The number of nitrogens with zero attached hydrogens (tertiary/aromatic N) is 3. The molecule has 2 heterocycles. The van der Waals surface area contributed by atoms with Crippen LogP contribution in [-0.4, -0.2) is 15.0 Å². The second kappa shape index (κ2) is 10.1. The van der Waals surface area contributed by atoms with Crippen LogP contribution >= 0.6 is 0 Å². The maximum atomic E-state index is 6.55. The van der Waals surface area contributed by atoms with Crippen LogP contribution in [0.2, 0.25) is 0 Å². The fourth-order valence-electron chi connectivity index (χ4n) is 6.95. The lowest BCUT2D eigenvalue weighted by Crippen LogP contribution is -2.14. The van der Waals surface area contributed by atoms with Gasteiger partial charge in [-0.05, 0) is 39.9 Å². The van der Waals surface area contributed by atoms with Gasteiger partial charge in [0.15, 0.2) is 17.5 Å². The summed E-state index contributed by atoms with van der Waals surface area (Å²) in [5.74, 6) is 1.93.